The van der Waals surface area contributed by atoms with E-state index in [1.807, 2.05) is 4.90 Å². The van der Waals surface area contributed by atoms with Gasteiger partial charge in [-0.15, -0.1) is 5.10 Å². The van der Waals surface area contributed by atoms with Gasteiger partial charge in [-0.2, -0.15) is 4.98 Å². The minimum Gasteiger partial charge on any atom is -0.378 e. The van der Waals surface area contributed by atoms with Gasteiger partial charge in [-0.25, -0.2) is 18.4 Å². The van der Waals surface area contributed by atoms with E-state index >= 15 is 0 Å². The zero-order chi connectivity index (χ0) is 19.5. The number of hydrogen-bond acceptors (Lipinski definition) is 7. The Kier molecular flexibility index (Phi) is 5.31. The van der Waals surface area contributed by atoms with Gasteiger partial charge in [0.15, 0.2) is 11.6 Å². The fourth-order valence-corrected chi connectivity index (χ4v) is 2.88. The molecule has 146 valence electrons. The molecule has 1 aromatic carbocycles. The molecule has 0 bridgehead atoms. The molecule has 11 heteroatoms. The van der Waals surface area contributed by atoms with E-state index in [-0.39, 0.29) is 17.4 Å². The lowest BCUT2D eigenvalue weighted by Crippen LogP contribution is -2.37. The molecule has 1 fully saturated rings. The fraction of sp³-hybridized carbons (Fsp3) is 0.294. The highest BCUT2D eigenvalue weighted by molar-refractivity contribution is 6.30. The number of nitrogens with zero attached hydrogens (tertiary/aromatic N) is 6. The summed E-state index contributed by atoms with van der Waals surface area (Å²) >= 11 is 5.79. The van der Waals surface area contributed by atoms with Gasteiger partial charge in [-0.3, -0.25) is 0 Å². The van der Waals surface area contributed by atoms with Gasteiger partial charge in [0.1, 0.15) is 11.5 Å². The van der Waals surface area contributed by atoms with Crippen molar-refractivity contribution < 1.29 is 13.5 Å². The topological polar surface area (TPSA) is 81.0 Å². The first-order valence-corrected chi connectivity index (χ1v) is 8.94. The van der Waals surface area contributed by atoms with E-state index in [0.717, 1.165) is 6.20 Å². The molecule has 1 aliphatic rings. The number of hydrogen-bond donors (Lipinski definition) is 1. The lowest BCUT2D eigenvalue weighted by atomic mass is 10.3. The highest BCUT2D eigenvalue weighted by atomic mass is 35.5. The molecular formula is C17H16ClF2N7O. The van der Waals surface area contributed by atoms with Crippen LogP contribution in [0.5, 0.6) is 0 Å². The third-order valence-corrected chi connectivity index (χ3v) is 4.46. The average Bonchev–Trinajstić information content (AvgIpc) is 3.19. The maximum Gasteiger partial charge on any atom is 0.227 e. The molecule has 3 aromatic rings. The van der Waals surface area contributed by atoms with Crippen molar-refractivity contribution in [3.05, 3.63) is 52.9 Å². The predicted octanol–water partition coefficient (Wildman–Crippen LogP) is 2.44. The third-order valence-electron chi connectivity index (χ3n) is 4.17. The molecule has 1 aliphatic heterocycles. The van der Waals surface area contributed by atoms with Crippen molar-refractivity contribution in [2.45, 2.75) is 6.54 Å². The quantitative estimate of drug-likeness (QED) is 0.695. The smallest absolute Gasteiger partial charge is 0.227 e. The molecule has 0 radical (unpaired) electrons. The van der Waals surface area contributed by atoms with Gasteiger partial charge >= 0.3 is 0 Å². The Balaban J connectivity index is 1.46. The maximum atomic E-state index is 14.1. The van der Waals surface area contributed by atoms with Crippen LogP contribution in [-0.4, -0.2) is 51.3 Å². The molecule has 1 saturated heterocycles. The van der Waals surface area contributed by atoms with Crippen LogP contribution in [0.25, 0.3) is 5.69 Å². The number of aromatic nitrogens is 5. The highest BCUT2D eigenvalue weighted by Crippen LogP contribution is 2.19. The van der Waals surface area contributed by atoms with Gasteiger partial charge in [0.05, 0.1) is 42.9 Å². The summed E-state index contributed by atoms with van der Waals surface area (Å²) in [6.45, 7) is 2.67. The molecule has 4 rings (SSSR count). The first kappa shape index (κ1) is 18.5. The maximum absolute atomic E-state index is 14.1. The summed E-state index contributed by atoms with van der Waals surface area (Å²) < 4.78 is 34.1. The SMILES string of the molecule is Fc1ccc(-n2cc(CNc3nc(N4CCOCC4)ncc3F)nn2)cc1Cl. The number of rotatable bonds is 5. The summed E-state index contributed by atoms with van der Waals surface area (Å²) in [6.07, 6.45) is 2.77. The monoisotopic (exact) mass is 407 g/mol. The normalized spacial score (nSPS) is 14.3. The minimum absolute atomic E-state index is 0.00799. The Bertz CT molecular complexity index is 978. The van der Waals surface area contributed by atoms with Crippen LogP contribution in [0.3, 0.4) is 0 Å². The Morgan fingerprint density at radius 1 is 1.18 bits per heavy atom. The van der Waals surface area contributed by atoms with Crippen molar-refractivity contribution in [3.8, 4) is 5.69 Å². The van der Waals surface area contributed by atoms with Crippen LogP contribution < -0.4 is 10.2 Å². The zero-order valence-corrected chi connectivity index (χ0v) is 15.4. The number of nitrogens with one attached hydrogen (secondary N) is 1. The first-order valence-electron chi connectivity index (χ1n) is 8.56. The predicted molar refractivity (Wildman–Crippen MR) is 98.7 cm³/mol. The summed E-state index contributed by atoms with van der Waals surface area (Å²) in [5.41, 5.74) is 1.11. The highest BCUT2D eigenvalue weighted by Gasteiger charge is 2.16. The van der Waals surface area contributed by atoms with Crippen LogP contribution in [-0.2, 0) is 11.3 Å². The van der Waals surface area contributed by atoms with E-state index in [9.17, 15) is 8.78 Å². The minimum atomic E-state index is -0.560. The number of ether oxygens (including phenoxy) is 1. The lowest BCUT2D eigenvalue weighted by Gasteiger charge is -2.26. The summed E-state index contributed by atoms with van der Waals surface area (Å²) in [5, 5.41) is 10.9. The molecule has 1 N–H and O–H groups in total. The Morgan fingerprint density at radius 3 is 2.79 bits per heavy atom. The summed E-state index contributed by atoms with van der Waals surface area (Å²) in [6, 6.07) is 4.23. The van der Waals surface area contributed by atoms with Crippen molar-refractivity contribution in [2.24, 2.45) is 0 Å². The van der Waals surface area contributed by atoms with Crippen LogP contribution in [0.15, 0.2) is 30.6 Å². The van der Waals surface area contributed by atoms with Gasteiger partial charge in [0.25, 0.3) is 0 Å². The van der Waals surface area contributed by atoms with Crippen molar-refractivity contribution in [1.29, 1.82) is 0 Å². The number of morpholine rings is 1. The molecule has 28 heavy (non-hydrogen) atoms. The van der Waals surface area contributed by atoms with Gasteiger partial charge in [0, 0.05) is 13.1 Å². The Labute approximate surface area is 164 Å². The van der Waals surface area contributed by atoms with Crippen LogP contribution in [0.4, 0.5) is 20.5 Å². The van der Waals surface area contributed by atoms with E-state index in [2.05, 4.69) is 25.6 Å². The molecule has 0 unspecified atom stereocenters. The summed E-state index contributed by atoms with van der Waals surface area (Å²) in [5.74, 6) is -0.551. The van der Waals surface area contributed by atoms with Gasteiger partial charge in [0.2, 0.25) is 5.95 Å². The first-order chi connectivity index (χ1) is 13.6. The van der Waals surface area contributed by atoms with Crippen LogP contribution >= 0.6 is 11.6 Å². The van der Waals surface area contributed by atoms with Crippen molar-refractivity contribution >= 4 is 23.4 Å². The van der Waals surface area contributed by atoms with E-state index in [0.29, 0.717) is 43.6 Å². The van der Waals surface area contributed by atoms with Crippen LogP contribution in [0.1, 0.15) is 5.69 Å². The second kappa shape index (κ2) is 8.03. The second-order valence-electron chi connectivity index (χ2n) is 6.07. The van der Waals surface area contributed by atoms with Crippen LogP contribution in [0, 0.1) is 11.6 Å². The zero-order valence-electron chi connectivity index (χ0n) is 14.6. The lowest BCUT2D eigenvalue weighted by molar-refractivity contribution is 0.122. The van der Waals surface area contributed by atoms with Crippen LogP contribution in [0.2, 0.25) is 5.02 Å². The van der Waals surface area contributed by atoms with Gasteiger partial charge < -0.3 is 15.0 Å². The van der Waals surface area contributed by atoms with E-state index in [1.54, 1.807) is 6.20 Å². The summed E-state index contributed by atoms with van der Waals surface area (Å²) in [4.78, 5) is 10.2. The molecular weight excluding hydrogens is 392 g/mol. The average molecular weight is 408 g/mol. The van der Waals surface area contributed by atoms with E-state index in [1.165, 1.54) is 22.9 Å². The molecule has 8 nitrogen and oxygen atoms in total. The van der Waals surface area contributed by atoms with E-state index in [4.69, 9.17) is 16.3 Å². The fourth-order valence-electron chi connectivity index (χ4n) is 2.70. The molecule has 0 saturated carbocycles. The standard InChI is InChI=1S/C17H16ClF2N7O/c18-13-7-12(1-2-14(13)19)27-10-11(24-25-27)8-21-16-15(20)9-22-17(23-16)26-3-5-28-6-4-26/h1-2,7,9-10H,3-6,8H2,(H,21,22,23). The largest absolute Gasteiger partial charge is 0.378 e. The van der Waals surface area contributed by atoms with Gasteiger partial charge in [-0.1, -0.05) is 16.8 Å². The Morgan fingerprint density at radius 2 is 2.00 bits per heavy atom. The van der Waals surface area contributed by atoms with Crippen molar-refractivity contribution in [2.75, 3.05) is 36.5 Å². The molecule has 0 atom stereocenters. The van der Waals surface area contributed by atoms with Gasteiger partial charge in [-0.05, 0) is 18.2 Å². The number of anilines is 2. The molecule has 2 aromatic heterocycles. The third kappa shape index (κ3) is 4.02. The molecule has 0 amide bonds. The van der Waals surface area contributed by atoms with E-state index < -0.39 is 11.6 Å². The number of benzene rings is 1. The summed E-state index contributed by atoms with van der Waals surface area (Å²) in [7, 11) is 0. The second-order valence-corrected chi connectivity index (χ2v) is 6.48. The number of halogens is 3. The van der Waals surface area contributed by atoms with Crippen molar-refractivity contribution in [1.82, 2.24) is 25.0 Å². The molecule has 0 spiro atoms. The molecule has 0 aliphatic carbocycles. The molecule has 3 heterocycles. The van der Waals surface area contributed by atoms with Crippen molar-refractivity contribution in [3.63, 3.8) is 0 Å². The Hall–Kier alpha value is -2.85.